The van der Waals surface area contributed by atoms with E-state index in [1.54, 1.807) is 4.90 Å². The van der Waals surface area contributed by atoms with E-state index in [0.717, 1.165) is 0 Å². The van der Waals surface area contributed by atoms with Gasteiger partial charge in [-0.25, -0.2) is 9.59 Å². The van der Waals surface area contributed by atoms with E-state index in [4.69, 9.17) is 9.47 Å². The Bertz CT molecular complexity index is 880. The lowest BCUT2D eigenvalue weighted by atomic mass is 10.1. The first-order valence-corrected chi connectivity index (χ1v) is 8.47. The Balaban J connectivity index is 1.75. The van der Waals surface area contributed by atoms with E-state index in [9.17, 15) is 24.5 Å². The number of imide groups is 1. The first-order valence-electron chi connectivity index (χ1n) is 8.47. The number of nitro benzene ring substituents is 1. The Labute approximate surface area is 159 Å². The standard InChI is InChI=1S/C17H18N4O7/c1-9(2)20-7-12(28-17(20)24)8-27-11-3-4-14(21(25)26)10(5-11)6-13-15(22)19-16(23)18-13/h3-6,9,12H,7-8H2,1-2H3,(H2,18,19,22,23). The van der Waals surface area contributed by atoms with Gasteiger partial charge in [-0.1, -0.05) is 0 Å². The predicted molar refractivity (Wildman–Crippen MR) is 95.4 cm³/mol. The van der Waals surface area contributed by atoms with Crippen LogP contribution in [0.5, 0.6) is 5.75 Å². The van der Waals surface area contributed by atoms with Crippen LogP contribution in [0.25, 0.3) is 6.08 Å². The highest BCUT2D eigenvalue weighted by molar-refractivity contribution is 6.14. The van der Waals surface area contributed by atoms with Gasteiger partial charge < -0.3 is 19.7 Å². The summed E-state index contributed by atoms with van der Waals surface area (Å²) in [5.74, 6) is -0.390. The zero-order valence-electron chi connectivity index (χ0n) is 15.1. The van der Waals surface area contributed by atoms with Crippen LogP contribution in [-0.2, 0) is 9.53 Å². The maximum atomic E-state index is 11.8. The molecule has 2 N–H and O–H groups in total. The van der Waals surface area contributed by atoms with Crippen LogP contribution in [0.3, 0.4) is 0 Å². The summed E-state index contributed by atoms with van der Waals surface area (Å²) in [5.41, 5.74) is -0.281. The number of nitrogens with zero attached hydrogens (tertiary/aromatic N) is 2. The number of rotatable bonds is 6. The fraction of sp³-hybridized carbons (Fsp3) is 0.353. The van der Waals surface area contributed by atoms with Crippen LogP contribution in [0.15, 0.2) is 23.9 Å². The summed E-state index contributed by atoms with van der Waals surface area (Å²) in [6.45, 7) is 4.20. The molecule has 148 valence electrons. The molecule has 2 fully saturated rings. The highest BCUT2D eigenvalue weighted by atomic mass is 16.6. The molecule has 2 heterocycles. The average molecular weight is 390 g/mol. The lowest BCUT2D eigenvalue weighted by Crippen LogP contribution is -2.32. The molecule has 11 heteroatoms. The molecule has 2 aliphatic heterocycles. The summed E-state index contributed by atoms with van der Waals surface area (Å²) in [7, 11) is 0. The molecule has 0 aliphatic carbocycles. The van der Waals surface area contributed by atoms with Crippen molar-refractivity contribution < 1.29 is 28.8 Å². The number of cyclic esters (lactones) is 1. The largest absolute Gasteiger partial charge is 0.490 e. The van der Waals surface area contributed by atoms with Crippen LogP contribution in [0, 0.1) is 10.1 Å². The second kappa shape index (κ2) is 7.55. The van der Waals surface area contributed by atoms with E-state index in [0.29, 0.717) is 12.3 Å². The molecule has 0 saturated carbocycles. The van der Waals surface area contributed by atoms with Crippen molar-refractivity contribution in [2.45, 2.75) is 26.0 Å². The number of nitro groups is 1. The van der Waals surface area contributed by atoms with Crippen molar-refractivity contribution >= 4 is 29.8 Å². The molecule has 0 spiro atoms. The molecule has 2 aliphatic rings. The molecule has 3 rings (SSSR count). The Kier molecular flexibility index (Phi) is 5.16. The van der Waals surface area contributed by atoms with E-state index >= 15 is 0 Å². The molecule has 0 aromatic heterocycles. The molecule has 0 radical (unpaired) electrons. The SMILES string of the molecule is CC(C)N1CC(COc2ccc([N+](=O)[O-])c(C=C3NC(=O)NC3=O)c2)OC1=O. The molecule has 2 saturated heterocycles. The summed E-state index contributed by atoms with van der Waals surface area (Å²) in [4.78, 5) is 46.8. The van der Waals surface area contributed by atoms with Gasteiger partial charge >= 0.3 is 12.1 Å². The first-order chi connectivity index (χ1) is 13.2. The van der Waals surface area contributed by atoms with Gasteiger partial charge in [-0.3, -0.25) is 20.2 Å². The maximum absolute atomic E-state index is 11.8. The highest BCUT2D eigenvalue weighted by Gasteiger charge is 2.33. The van der Waals surface area contributed by atoms with Gasteiger partial charge in [0.05, 0.1) is 17.0 Å². The van der Waals surface area contributed by atoms with Gasteiger partial charge in [-0.15, -0.1) is 0 Å². The number of hydrogen-bond donors (Lipinski definition) is 2. The number of nitrogens with one attached hydrogen (secondary N) is 2. The van der Waals surface area contributed by atoms with Gasteiger partial charge in [0.25, 0.3) is 11.6 Å². The first kappa shape index (κ1) is 19.1. The summed E-state index contributed by atoms with van der Waals surface area (Å²) >= 11 is 0. The molecular weight excluding hydrogens is 372 g/mol. The Morgan fingerprint density at radius 2 is 2.11 bits per heavy atom. The summed E-state index contributed by atoms with van der Waals surface area (Å²) in [6.07, 6.45) is 0.314. The molecule has 1 unspecified atom stereocenters. The topological polar surface area (TPSA) is 140 Å². The third-order valence-electron chi connectivity index (χ3n) is 4.18. The molecule has 1 aromatic rings. The minimum absolute atomic E-state index is 0.00266. The van der Waals surface area contributed by atoms with Crippen LogP contribution in [0.2, 0.25) is 0 Å². The molecule has 28 heavy (non-hydrogen) atoms. The van der Waals surface area contributed by atoms with Crippen LogP contribution in [0.4, 0.5) is 15.3 Å². The quantitative estimate of drug-likeness (QED) is 0.324. The smallest absolute Gasteiger partial charge is 0.410 e. The van der Waals surface area contributed by atoms with Crippen molar-refractivity contribution in [3.05, 3.63) is 39.6 Å². The zero-order chi connectivity index (χ0) is 20.4. The lowest BCUT2D eigenvalue weighted by Gasteiger charge is -2.16. The minimum Gasteiger partial charge on any atom is -0.490 e. The zero-order valence-corrected chi connectivity index (χ0v) is 15.1. The maximum Gasteiger partial charge on any atom is 0.410 e. The fourth-order valence-electron chi connectivity index (χ4n) is 2.78. The average Bonchev–Trinajstić information content (AvgIpc) is 3.14. The lowest BCUT2D eigenvalue weighted by molar-refractivity contribution is -0.385. The number of urea groups is 1. The number of benzene rings is 1. The van der Waals surface area contributed by atoms with Gasteiger partial charge in [-0.2, -0.15) is 0 Å². The predicted octanol–water partition coefficient (Wildman–Crippen LogP) is 1.38. The minimum atomic E-state index is -0.705. The molecule has 0 bridgehead atoms. The molecular formula is C17H18N4O7. The Morgan fingerprint density at radius 1 is 1.36 bits per heavy atom. The Hall–Kier alpha value is -3.63. The molecule has 4 amide bonds. The number of carbonyl (C=O) groups excluding carboxylic acids is 3. The van der Waals surface area contributed by atoms with Crippen molar-refractivity contribution in [1.29, 1.82) is 0 Å². The number of ether oxygens (including phenoxy) is 2. The fourth-order valence-corrected chi connectivity index (χ4v) is 2.78. The highest BCUT2D eigenvalue weighted by Crippen LogP contribution is 2.27. The summed E-state index contributed by atoms with van der Waals surface area (Å²) < 4.78 is 10.8. The third-order valence-corrected chi connectivity index (χ3v) is 4.18. The van der Waals surface area contributed by atoms with Gasteiger partial charge in [0.15, 0.2) is 6.10 Å². The number of carbonyl (C=O) groups is 3. The third kappa shape index (κ3) is 4.03. The van der Waals surface area contributed by atoms with Crippen molar-refractivity contribution in [3.8, 4) is 5.75 Å². The van der Waals surface area contributed by atoms with Crippen molar-refractivity contribution in [3.63, 3.8) is 0 Å². The van der Waals surface area contributed by atoms with Crippen LogP contribution in [-0.4, -0.2) is 53.2 Å². The molecule has 11 nitrogen and oxygen atoms in total. The van der Waals surface area contributed by atoms with Crippen LogP contribution < -0.4 is 15.4 Å². The summed E-state index contributed by atoms with van der Waals surface area (Å²) in [5, 5.41) is 15.5. The monoisotopic (exact) mass is 390 g/mol. The van der Waals surface area contributed by atoms with Gasteiger partial charge in [0.2, 0.25) is 0 Å². The van der Waals surface area contributed by atoms with E-state index in [-0.39, 0.29) is 29.6 Å². The van der Waals surface area contributed by atoms with Gasteiger partial charge in [0, 0.05) is 12.1 Å². The Morgan fingerprint density at radius 3 is 2.68 bits per heavy atom. The van der Waals surface area contributed by atoms with Crippen molar-refractivity contribution in [2.75, 3.05) is 13.2 Å². The molecule has 1 aromatic carbocycles. The second-order valence-corrected chi connectivity index (χ2v) is 6.51. The van der Waals surface area contributed by atoms with E-state index in [1.165, 1.54) is 24.3 Å². The van der Waals surface area contributed by atoms with E-state index in [2.05, 4.69) is 5.32 Å². The summed E-state index contributed by atoms with van der Waals surface area (Å²) in [6, 6.07) is 3.31. The molecule has 1 atom stereocenters. The van der Waals surface area contributed by atoms with Crippen LogP contribution >= 0.6 is 0 Å². The van der Waals surface area contributed by atoms with Crippen LogP contribution in [0.1, 0.15) is 19.4 Å². The van der Waals surface area contributed by atoms with Gasteiger partial charge in [0.1, 0.15) is 18.1 Å². The van der Waals surface area contributed by atoms with Crippen molar-refractivity contribution in [1.82, 2.24) is 15.5 Å². The number of amides is 4. The van der Waals surface area contributed by atoms with E-state index in [1.807, 2.05) is 19.2 Å². The second-order valence-electron chi connectivity index (χ2n) is 6.51. The normalized spacial score (nSPS) is 20.4. The van der Waals surface area contributed by atoms with Crippen molar-refractivity contribution in [2.24, 2.45) is 0 Å². The number of hydrogen-bond acceptors (Lipinski definition) is 7. The van der Waals surface area contributed by atoms with E-state index < -0.39 is 29.1 Å². The van der Waals surface area contributed by atoms with Gasteiger partial charge in [-0.05, 0) is 32.1 Å².